The molecule has 2 amide bonds. The summed E-state index contributed by atoms with van der Waals surface area (Å²) in [7, 11) is 0. The van der Waals surface area contributed by atoms with Gasteiger partial charge in [0, 0.05) is 19.6 Å². The molecule has 11 nitrogen and oxygen atoms in total. The van der Waals surface area contributed by atoms with Crippen molar-refractivity contribution in [2.45, 2.75) is 19.8 Å². The summed E-state index contributed by atoms with van der Waals surface area (Å²) in [6.07, 6.45) is 1.93. The highest BCUT2D eigenvalue weighted by Gasteiger charge is 2.04. The third-order valence-electron chi connectivity index (χ3n) is 3.64. The number of nitrogens with two attached hydrogens (primary N) is 1. The predicted molar refractivity (Wildman–Crippen MR) is 115 cm³/mol. The Bertz CT molecular complexity index is 416. The van der Waals surface area contributed by atoms with Crippen LogP contribution in [0, 0.1) is 0 Å². The first-order chi connectivity index (χ1) is 15.2. The van der Waals surface area contributed by atoms with Crippen LogP contribution < -0.4 is 16.4 Å². The second-order valence-electron chi connectivity index (χ2n) is 6.40. The van der Waals surface area contributed by atoms with E-state index in [1.165, 1.54) is 0 Å². The van der Waals surface area contributed by atoms with E-state index >= 15 is 0 Å². The van der Waals surface area contributed by atoms with Gasteiger partial charge in [0.1, 0.15) is 13.2 Å². The molecule has 0 fully saturated rings. The number of nitrogens with one attached hydrogen (secondary N) is 2. The lowest BCUT2D eigenvalue weighted by Crippen LogP contribution is -2.33. The molecule has 0 aliphatic heterocycles. The number of carbonyl (C=O) groups is 2. The molecule has 0 saturated heterocycles. The number of hydrogen-bond donors (Lipinski definition) is 3. The van der Waals surface area contributed by atoms with Crippen LogP contribution in [0.25, 0.3) is 0 Å². The third kappa shape index (κ3) is 24.8. The maximum Gasteiger partial charge on any atom is 0.246 e. The number of amides is 2. The predicted octanol–water partition coefficient (Wildman–Crippen LogP) is -0.923. The molecule has 4 N–H and O–H groups in total. The first-order valence-electron chi connectivity index (χ1n) is 10.9. The molecule has 0 aromatic heterocycles. The smallest absolute Gasteiger partial charge is 0.246 e. The molecule has 0 aliphatic rings. The lowest BCUT2D eigenvalue weighted by Gasteiger charge is -2.09. The highest BCUT2D eigenvalue weighted by atomic mass is 16.6. The summed E-state index contributed by atoms with van der Waals surface area (Å²) in [5, 5.41) is 5.36. The van der Waals surface area contributed by atoms with Crippen LogP contribution >= 0.6 is 0 Å². The lowest BCUT2D eigenvalue weighted by molar-refractivity contribution is -0.131. The minimum absolute atomic E-state index is 0.119. The van der Waals surface area contributed by atoms with Gasteiger partial charge < -0.3 is 44.8 Å². The average molecular weight is 452 g/mol. The molecule has 0 aliphatic carbocycles. The Balaban J connectivity index is 3.20. The Kier molecular flexibility index (Phi) is 23.8. The van der Waals surface area contributed by atoms with Crippen molar-refractivity contribution in [3.05, 3.63) is 0 Å². The Morgan fingerprint density at radius 3 is 1.48 bits per heavy atom. The molecular weight excluding hydrogens is 410 g/mol. The van der Waals surface area contributed by atoms with Gasteiger partial charge in [-0.15, -0.1) is 0 Å². The molecule has 0 spiro atoms. The van der Waals surface area contributed by atoms with Crippen molar-refractivity contribution in [3.8, 4) is 0 Å². The van der Waals surface area contributed by atoms with Gasteiger partial charge in [-0.1, -0.05) is 13.3 Å². The number of hydrogen-bond acceptors (Lipinski definition) is 9. The molecule has 0 rings (SSSR count). The second-order valence-corrected chi connectivity index (χ2v) is 6.40. The molecule has 0 radical (unpaired) electrons. The largest absolute Gasteiger partial charge is 0.378 e. The summed E-state index contributed by atoms with van der Waals surface area (Å²) in [6, 6.07) is 0. The Labute approximate surface area is 185 Å². The van der Waals surface area contributed by atoms with Crippen molar-refractivity contribution in [1.29, 1.82) is 0 Å². The van der Waals surface area contributed by atoms with Crippen molar-refractivity contribution in [1.82, 2.24) is 10.6 Å². The van der Waals surface area contributed by atoms with E-state index in [2.05, 4.69) is 10.6 Å². The van der Waals surface area contributed by atoms with Crippen LogP contribution in [-0.2, 0) is 38.0 Å². The highest BCUT2D eigenvalue weighted by Crippen LogP contribution is 1.85. The fraction of sp³-hybridized carbons (Fsp3) is 0.900. The van der Waals surface area contributed by atoms with Crippen LogP contribution in [0.2, 0.25) is 0 Å². The van der Waals surface area contributed by atoms with Gasteiger partial charge in [-0.2, -0.15) is 0 Å². The van der Waals surface area contributed by atoms with Gasteiger partial charge in [0.25, 0.3) is 0 Å². The topological polar surface area (TPSA) is 140 Å². The summed E-state index contributed by atoms with van der Waals surface area (Å²) in [5.74, 6) is -0.502. The first kappa shape index (κ1) is 29.7. The molecular formula is C20H41N3O8. The third-order valence-corrected chi connectivity index (χ3v) is 3.64. The molecule has 0 heterocycles. The SMILES string of the molecule is CCCCNC(=O)COCC(=O)NCCOCCOCCOCCOCCOCCN. The van der Waals surface area contributed by atoms with E-state index in [1.54, 1.807) is 0 Å². The second kappa shape index (κ2) is 24.9. The molecule has 184 valence electrons. The molecule has 0 unspecified atom stereocenters. The number of carbonyl (C=O) groups excluding carboxylic acids is 2. The summed E-state index contributed by atoms with van der Waals surface area (Å²) < 4.78 is 31.7. The van der Waals surface area contributed by atoms with Gasteiger partial charge in [-0.05, 0) is 6.42 Å². The van der Waals surface area contributed by atoms with E-state index in [-0.39, 0.29) is 25.0 Å². The summed E-state index contributed by atoms with van der Waals surface area (Å²) in [4.78, 5) is 23.0. The Morgan fingerprint density at radius 2 is 1.03 bits per heavy atom. The van der Waals surface area contributed by atoms with Crippen molar-refractivity contribution in [2.75, 3.05) is 98.9 Å². The molecule has 0 aromatic rings. The van der Waals surface area contributed by atoms with E-state index in [0.29, 0.717) is 85.7 Å². The molecule has 0 bridgehead atoms. The minimum Gasteiger partial charge on any atom is -0.378 e. The van der Waals surface area contributed by atoms with E-state index in [9.17, 15) is 9.59 Å². The van der Waals surface area contributed by atoms with E-state index in [1.807, 2.05) is 6.92 Å². The van der Waals surface area contributed by atoms with Crippen LogP contribution in [0.4, 0.5) is 0 Å². The fourth-order valence-corrected chi connectivity index (χ4v) is 2.07. The fourth-order valence-electron chi connectivity index (χ4n) is 2.07. The van der Waals surface area contributed by atoms with Gasteiger partial charge >= 0.3 is 0 Å². The van der Waals surface area contributed by atoms with Gasteiger partial charge in [0.2, 0.25) is 11.8 Å². The van der Waals surface area contributed by atoms with E-state index in [0.717, 1.165) is 12.8 Å². The summed E-state index contributed by atoms with van der Waals surface area (Å²) in [6.45, 7) is 8.11. The number of unbranched alkanes of at least 4 members (excludes halogenated alkanes) is 1. The minimum atomic E-state index is -0.287. The Hall–Kier alpha value is -1.34. The molecule has 31 heavy (non-hydrogen) atoms. The number of ether oxygens (including phenoxy) is 6. The maximum atomic E-state index is 11.6. The van der Waals surface area contributed by atoms with Crippen LogP contribution in [0.3, 0.4) is 0 Å². The van der Waals surface area contributed by atoms with Crippen molar-refractivity contribution >= 4 is 11.8 Å². The number of rotatable bonds is 24. The van der Waals surface area contributed by atoms with Crippen molar-refractivity contribution < 1.29 is 38.0 Å². The normalized spacial score (nSPS) is 10.9. The zero-order valence-corrected chi connectivity index (χ0v) is 18.9. The van der Waals surface area contributed by atoms with Crippen LogP contribution in [0.5, 0.6) is 0 Å². The molecule has 0 atom stereocenters. The highest BCUT2D eigenvalue weighted by molar-refractivity contribution is 5.79. The van der Waals surface area contributed by atoms with Gasteiger partial charge in [-0.3, -0.25) is 9.59 Å². The summed E-state index contributed by atoms with van der Waals surface area (Å²) in [5.41, 5.74) is 5.30. The van der Waals surface area contributed by atoms with E-state index < -0.39 is 0 Å². The van der Waals surface area contributed by atoms with Gasteiger partial charge in [0.15, 0.2) is 0 Å². The lowest BCUT2D eigenvalue weighted by atomic mass is 10.3. The van der Waals surface area contributed by atoms with Gasteiger partial charge in [-0.25, -0.2) is 0 Å². The van der Waals surface area contributed by atoms with Crippen LogP contribution in [0.1, 0.15) is 19.8 Å². The van der Waals surface area contributed by atoms with Crippen molar-refractivity contribution in [2.24, 2.45) is 5.73 Å². The average Bonchev–Trinajstić information content (AvgIpc) is 2.76. The van der Waals surface area contributed by atoms with Crippen LogP contribution in [-0.4, -0.2) is 111 Å². The van der Waals surface area contributed by atoms with Gasteiger partial charge in [0.05, 0.1) is 66.1 Å². The maximum absolute atomic E-state index is 11.6. The molecule has 0 saturated carbocycles. The zero-order chi connectivity index (χ0) is 22.8. The van der Waals surface area contributed by atoms with Crippen molar-refractivity contribution in [3.63, 3.8) is 0 Å². The zero-order valence-electron chi connectivity index (χ0n) is 18.9. The first-order valence-corrected chi connectivity index (χ1v) is 10.9. The quantitative estimate of drug-likeness (QED) is 0.159. The summed E-state index contributed by atoms with van der Waals surface area (Å²) >= 11 is 0. The standard InChI is InChI=1S/C20H41N3O8/c1-2-3-5-22-19(24)17-31-18-20(25)23-6-8-27-10-12-29-14-16-30-15-13-28-11-9-26-7-4-21/h2-18,21H2,1H3,(H,22,24)(H,23,25). The molecule has 11 heteroatoms. The monoisotopic (exact) mass is 451 g/mol. The van der Waals surface area contributed by atoms with Crippen LogP contribution in [0.15, 0.2) is 0 Å². The Morgan fingerprint density at radius 1 is 0.613 bits per heavy atom. The van der Waals surface area contributed by atoms with E-state index in [4.69, 9.17) is 34.2 Å². The molecule has 0 aromatic carbocycles.